The normalized spacial score (nSPS) is 25.4. The van der Waals surface area contributed by atoms with E-state index >= 15 is 0 Å². The van der Waals surface area contributed by atoms with E-state index in [1.165, 1.54) is 4.90 Å². The van der Waals surface area contributed by atoms with Crippen LogP contribution in [0, 0.1) is 0 Å². The van der Waals surface area contributed by atoms with E-state index in [4.69, 9.17) is 11.5 Å². The van der Waals surface area contributed by atoms with Crippen molar-refractivity contribution < 1.29 is 4.79 Å². The molecule has 1 heterocycles. The van der Waals surface area contributed by atoms with Crippen molar-refractivity contribution in [1.29, 1.82) is 0 Å². The zero-order valence-corrected chi connectivity index (χ0v) is 6.42. The second kappa shape index (κ2) is 2.92. The number of rotatable bonds is 1. The minimum Gasteiger partial charge on any atom is -0.386 e. The molecule has 0 aromatic rings. The molecule has 4 nitrogen and oxygen atoms in total. The molecule has 0 saturated carbocycles. The quantitative estimate of drug-likeness (QED) is 0.529. The molecule has 1 rings (SSSR count). The molecule has 4 heteroatoms. The van der Waals surface area contributed by atoms with Gasteiger partial charge in [0.2, 0.25) is 5.91 Å². The van der Waals surface area contributed by atoms with Crippen molar-refractivity contribution in [1.82, 2.24) is 4.90 Å². The lowest BCUT2D eigenvalue weighted by Crippen LogP contribution is -2.48. The van der Waals surface area contributed by atoms with Gasteiger partial charge in [0.1, 0.15) is 0 Å². The highest BCUT2D eigenvalue weighted by atomic mass is 16.2. The Balaban J connectivity index is 2.66. The minimum absolute atomic E-state index is 0.108. The third-order valence-electron chi connectivity index (χ3n) is 1.83. The Kier molecular flexibility index (Phi) is 2.14. The van der Waals surface area contributed by atoms with E-state index in [0.717, 1.165) is 12.8 Å². The van der Waals surface area contributed by atoms with Crippen molar-refractivity contribution >= 4 is 5.91 Å². The van der Waals surface area contributed by atoms with Crippen LogP contribution in [0.5, 0.6) is 0 Å². The van der Waals surface area contributed by atoms with Crippen molar-refractivity contribution in [2.24, 2.45) is 11.5 Å². The topological polar surface area (TPSA) is 72.3 Å². The van der Waals surface area contributed by atoms with Gasteiger partial charge in [-0.3, -0.25) is 9.69 Å². The standard InChI is InChI=1S/C7H13N3O/c1-5(8)10-4-2-3-6(9)7(10)11/h6H,1-4,8-9H2. The number of carbonyl (C=O) groups excluding carboxylic acids is 1. The maximum Gasteiger partial charge on any atom is 0.244 e. The second-order valence-corrected chi connectivity index (χ2v) is 2.73. The van der Waals surface area contributed by atoms with Crippen LogP contribution in [-0.4, -0.2) is 23.4 Å². The van der Waals surface area contributed by atoms with Gasteiger partial charge in [0, 0.05) is 6.54 Å². The Morgan fingerprint density at radius 3 is 2.82 bits per heavy atom. The second-order valence-electron chi connectivity index (χ2n) is 2.73. The first-order valence-corrected chi connectivity index (χ1v) is 3.64. The first kappa shape index (κ1) is 8.07. The van der Waals surface area contributed by atoms with Crippen LogP contribution in [-0.2, 0) is 4.79 Å². The van der Waals surface area contributed by atoms with Crippen molar-refractivity contribution in [3.8, 4) is 0 Å². The largest absolute Gasteiger partial charge is 0.386 e. The number of amides is 1. The van der Waals surface area contributed by atoms with E-state index in [2.05, 4.69) is 6.58 Å². The highest BCUT2D eigenvalue weighted by molar-refractivity contribution is 5.83. The summed E-state index contributed by atoms with van der Waals surface area (Å²) in [5.41, 5.74) is 10.9. The average Bonchev–Trinajstić information content (AvgIpc) is 1.94. The summed E-state index contributed by atoms with van der Waals surface area (Å²) < 4.78 is 0. The van der Waals surface area contributed by atoms with Crippen LogP contribution in [0.25, 0.3) is 0 Å². The Labute approximate surface area is 65.8 Å². The van der Waals surface area contributed by atoms with Crippen LogP contribution in [0.1, 0.15) is 12.8 Å². The number of nitrogens with zero attached hydrogens (tertiary/aromatic N) is 1. The fraction of sp³-hybridized carbons (Fsp3) is 0.571. The molecule has 1 aliphatic rings. The first-order chi connectivity index (χ1) is 5.13. The lowest BCUT2D eigenvalue weighted by atomic mass is 10.1. The van der Waals surface area contributed by atoms with Gasteiger partial charge in [0.05, 0.1) is 11.9 Å². The molecule has 62 valence electrons. The monoisotopic (exact) mass is 155 g/mol. The van der Waals surface area contributed by atoms with Crippen molar-refractivity contribution in [2.45, 2.75) is 18.9 Å². The summed E-state index contributed by atoms with van der Waals surface area (Å²) in [6.07, 6.45) is 1.66. The van der Waals surface area contributed by atoms with Gasteiger partial charge in [-0.05, 0) is 12.8 Å². The molecule has 11 heavy (non-hydrogen) atoms. The van der Waals surface area contributed by atoms with Crippen molar-refractivity contribution in [3.05, 3.63) is 12.4 Å². The minimum atomic E-state index is -0.385. The van der Waals surface area contributed by atoms with Crippen molar-refractivity contribution in [3.63, 3.8) is 0 Å². The summed E-state index contributed by atoms with van der Waals surface area (Å²) in [6.45, 7) is 4.15. The molecule has 1 amide bonds. The highest BCUT2D eigenvalue weighted by Gasteiger charge is 2.25. The fourth-order valence-corrected chi connectivity index (χ4v) is 1.19. The Hall–Kier alpha value is -1.03. The van der Waals surface area contributed by atoms with Gasteiger partial charge in [-0.15, -0.1) is 0 Å². The first-order valence-electron chi connectivity index (χ1n) is 3.64. The maximum atomic E-state index is 11.2. The number of hydrogen-bond donors (Lipinski definition) is 2. The molecule has 0 aromatic heterocycles. The Morgan fingerprint density at radius 2 is 2.36 bits per heavy atom. The number of nitrogens with two attached hydrogens (primary N) is 2. The smallest absolute Gasteiger partial charge is 0.244 e. The van der Waals surface area contributed by atoms with Gasteiger partial charge in [-0.2, -0.15) is 0 Å². The molecule has 0 aliphatic carbocycles. The van der Waals surface area contributed by atoms with E-state index < -0.39 is 0 Å². The third kappa shape index (κ3) is 1.51. The molecular weight excluding hydrogens is 142 g/mol. The van der Waals surface area contributed by atoms with Crippen LogP contribution in [0.2, 0.25) is 0 Å². The molecule has 0 spiro atoms. The average molecular weight is 155 g/mol. The Bertz CT molecular complexity index is 190. The fourth-order valence-electron chi connectivity index (χ4n) is 1.19. The molecule has 1 atom stereocenters. The van der Waals surface area contributed by atoms with E-state index in [-0.39, 0.29) is 11.9 Å². The summed E-state index contributed by atoms with van der Waals surface area (Å²) in [5, 5.41) is 0. The number of piperidine rings is 1. The highest BCUT2D eigenvalue weighted by Crippen LogP contribution is 2.11. The van der Waals surface area contributed by atoms with Crippen LogP contribution in [0.3, 0.4) is 0 Å². The van der Waals surface area contributed by atoms with E-state index in [0.29, 0.717) is 12.4 Å². The van der Waals surface area contributed by atoms with Crippen LogP contribution >= 0.6 is 0 Å². The summed E-state index contributed by atoms with van der Waals surface area (Å²) in [7, 11) is 0. The van der Waals surface area contributed by atoms with Crippen molar-refractivity contribution in [2.75, 3.05) is 6.54 Å². The predicted molar refractivity (Wildman–Crippen MR) is 42.2 cm³/mol. The summed E-state index contributed by atoms with van der Waals surface area (Å²) in [4.78, 5) is 12.7. The molecule has 0 radical (unpaired) electrons. The molecular formula is C7H13N3O. The third-order valence-corrected chi connectivity index (χ3v) is 1.83. The lowest BCUT2D eigenvalue weighted by Gasteiger charge is -2.29. The van der Waals surface area contributed by atoms with Gasteiger partial charge in [0.15, 0.2) is 0 Å². The van der Waals surface area contributed by atoms with Gasteiger partial charge in [-0.1, -0.05) is 6.58 Å². The van der Waals surface area contributed by atoms with E-state index in [9.17, 15) is 4.79 Å². The van der Waals surface area contributed by atoms with Gasteiger partial charge >= 0.3 is 0 Å². The molecule has 4 N–H and O–H groups in total. The molecule has 1 fully saturated rings. The van der Waals surface area contributed by atoms with Gasteiger partial charge in [0.25, 0.3) is 0 Å². The summed E-state index contributed by atoms with van der Waals surface area (Å²) in [5.74, 6) is 0.189. The van der Waals surface area contributed by atoms with Crippen LogP contribution in [0.15, 0.2) is 12.4 Å². The number of carbonyl (C=O) groups is 1. The van der Waals surface area contributed by atoms with Gasteiger partial charge < -0.3 is 11.5 Å². The predicted octanol–water partition coefficient (Wildman–Crippen LogP) is -0.634. The SMILES string of the molecule is C=C(N)N1CCCC(N)C1=O. The van der Waals surface area contributed by atoms with E-state index in [1.807, 2.05) is 0 Å². The van der Waals surface area contributed by atoms with Crippen LogP contribution in [0.4, 0.5) is 0 Å². The molecule has 1 saturated heterocycles. The zero-order chi connectivity index (χ0) is 8.43. The number of hydrogen-bond acceptors (Lipinski definition) is 3. The molecule has 1 aliphatic heterocycles. The zero-order valence-electron chi connectivity index (χ0n) is 6.42. The maximum absolute atomic E-state index is 11.2. The molecule has 0 bridgehead atoms. The number of likely N-dealkylation sites (tertiary alicyclic amines) is 1. The Morgan fingerprint density at radius 1 is 1.73 bits per heavy atom. The summed E-state index contributed by atoms with van der Waals surface area (Å²) in [6, 6.07) is -0.385. The van der Waals surface area contributed by atoms with Crippen LogP contribution < -0.4 is 11.5 Å². The lowest BCUT2D eigenvalue weighted by molar-refractivity contribution is -0.132. The summed E-state index contributed by atoms with van der Waals surface area (Å²) >= 11 is 0. The molecule has 1 unspecified atom stereocenters. The van der Waals surface area contributed by atoms with E-state index in [1.54, 1.807) is 0 Å². The molecule has 0 aromatic carbocycles. The van der Waals surface area contributed by atoms with Gasteiger partial charge in [-0.25, -0.2) is 0 Å².